The molecule has 3 aromatic rings. The highest BCUT2D eigenvalue weighted by Gasteiger charge is 2.10. The second-order valence-corrected chi connectivity index (χ2v) is 4.00. The molecule has 5 N–H and O–H groups in total. The van der Waals surface area contributed by atoms with E-state index in [2.05, 4.69) is 19.9 Å². The van der Waals surface area contributed by atoms with Crippen LogP contribution in [0.15, 0.2) is 23.0 Å². The van der Waals surface area contributed by atoms with Gasteiger partial charge in [0.2, 0.25) is 0 Å². The van der Waals surface area contributed by atoms with E-state index >= 15 is 0 Å². The molecule has 86 valence electrons. The molecule has 0 amide bonds. The third-order valence-electron chi connectivity index (χ3n) is 2.47. The Morgan fingerprint density at radius 1 is 1.18 bits per heavy atom. The Balaban J connectivity index is 2.23. The van der Waals surface area contributed by atoms with Crippen LogP contribution < -0.4 is 11.4 Å². The number of anilines is 1. The molecule has 1 aromatic carbocycles. The number of nitrogen functional groups attached to an aromatic ring is 1. The van der Waals surface area contributed by atoms with E-state index < -0.39 is 0 Å². The predicted octanol–water partition coefficient (Wildman–Crippen LogP) is 1.48. The summed E-state index contributed by atoms with van der Waals surface area (Å²) in [5.74, 6) is 0.257. The predicted molar refractivity (Wildman–Crippen MR) is 65.9 cm³/mol. The van der Waals surface area contributed by atoms with Gasteiger partial charge in [0.15, 0.2) is 5.95 Å². The summed E-state index contributed by atoms with van der Waals surface area (Å²) in [7, 11) is 0. The molecule has 0 aliphatic heterocycles. The van der Waals surface area contributed by atoms with E-state index in [9.17, 15) is 4.79 Å². The molecule has 0 aliphatic rings. The number of fused-ring (bicyclic) bond motifs is 1. The molecule has 2 heterocycles. The quantitative estimate of drug-likeness (QED) is 0.525. The van der Waals surface area contributed by atoms with Crippen molar-refractivity contribution in [1.29, 1.82) is 0 Å². The number of nitrogens with two attached hydrogens (primary N) is 1. The SMILES string of the molecule is Nc1nc(-c2ccc3[nH]c(=O)[nH]c3c2)c(Cl)[nH]1. The first kappa shape index (κ1) is 9.98. The van der Waals surface area contributed by atoms with Crippen LogP contribution in [0.25, 0.3) is 22.3 Å². The molecule has 0 radical (unpaired) electrons. The van der Waals surface area contributed by atoms with Gasteiger partial charge in [-0.05, 0) is 12.1 Å². The van der Waals surface area contributed by atoms with Gasteiger partial charge in [-0.2, -0.15) is 0 Å². The van der Waals surface area contributed by atoms with E-state index in [4.69, 9.17) is 17.3 Å². The van der Waals surface area contributed by atoms with E-state index in [1.54, 1.807) is 12.1 Å². The van der Waals surface area contributed by atoms with Crippen LogP contribution in [0.2, 0.25) is 5.15 Å². The number of aromatic amines is 3. The molecule has 6 nitrogen and oxygen atoms in total. The molecule has 0 spiro atoms. The first-order valence-corrected chi connectivity index (χ1v) is 5.24. The molecule has 3 rings (SSSR count). The van der Waals surface area contributed by atoms with Gasteiger partial charge in [0.1, 0.15) is 10.8 Å². The van der Waals surface area contributed by atoms with Crippen molar-refractivity contribution in [2.75, 3.05) is 5.73 Å². The molecular formula is C10H8ClN5O. The lowest BCUT2D eigenvalue weighted by Gasteiger charge is -1.97. The van der Waals surface area contributed by atoms with Crippen molar-refractivity contribution in [3.63, 3.8) is 0 Å². The van der Waals surface area contributed by atoms with E-state index in [-0.39, 0.29) is 11.6 Å². The minimum absolute atomic E-state index is 0.246. The summed E-state index contributed by atoms with van der Waals surface area (Å²) in [6, 6.07) is 5.38. The Bertz CT molecular complexity index is 753. The summed E-state index contributed by atoms with van der Waals surface area (Å²) in [5.41, 5.74) is 8.05. The number of H-pyrrole nitrogens is 3. The number of benzene rings is 1. The summed E-state index contributed by atoms with van der Waals surface area (Å²) in [6.45, 7) is 0. The van der Waals surface area contributed by atoms with Crippen LogP contribution in [0, 0.1) is 0 Å². The van der Waals surface area contributed by atoms with Crippen LogP contribution in [-0.4, -0.2) is 19.9 Å². The molecule has 7 heteroatoms. The third-order valence-corrected chi connectivity index (χ3v) is 2.74. The van der Waals surface area contributed by atoms with Crippen molar-refractivity contribution in [3.8, 4) is 11.3 Å². The fourth-order valence-corrected chi connectivity index (χ4v) is 1.99. The van der Waals surface area contributed by atoms with Gasteiger partial charge in [-0.25, -0.2) is 9.78 Å². The maximum atomic E-state index is 11.1. The Labute approximate surface area is 99.8 Å². The lowest BCUT2D eigenvalue weighted by Crippen LogP contribution is -1.99. The van der Waals surface area contributed by atoms with E-state index in [0.29, 0.717) is 16.4 Å². The maximum absolute atomic E-state index is 11.1. The zero-order valence-corrected chi connectivity index (χ0v) is 9.30. The van der Waals surface area contributed by atoms with Gasteiger partial charge in [0.25, 0.3) is 0 Å². The standard InChI is InChI=1S/C10H8ClN5O/c11-8-7(15-9(12)16-8)4-1-2-5-6(3-4)14-10(17)13-5/h1-3H,(H3,12,15,16)(H2,13,14,17). The van der Waals surface area contributed by atoms with E-state index in [0.717, 1.165) is 11.1 Å². The first-order chi connectivity index (χ1) is 8.13. The number of rotatable bonds is 1. The van der Waals surface area contributed by atoms with E-state index in [1.165, 1.54) is 0 Å². The van der Waals surface area contributed by atoms with Gasteiger partial charge >= 0.3 is 5.69 Å². The molecule has 0 unspecified atom stereocenters. The van der Waals surface area contributed by atoms with E-state index in [1.807, 2.05) is 6.07 Å². The lowest BCUT2D eigenvalue weighted by atomic mass is 10.1. The van der Waals surface area contributed by atoms with Crippen LogP contribution in [0.4, 0.5) is 5.95 Å². The van der Waals surface area contributed by atoms with Gasteiger partial charge in [0, 0.05) is 5.56 Å². The number of nitrogens with zero attached hydrogens (tertiary/aromatic N) is 1. The van der Waals surface area contributed by atoms with Crippen molar-refractivity contribution in [3.05, 3.63) is 33.8 Å². The number of aromatic nitrogens is 4. The Hall–Kier alpha value is -2.21. The number of hydrogen-bond donors (Lipinski definition) is 4. The average Bonchev–Trinajstić information content (AvgIpc) is 2.78. The normalized spacial score (nSPS) is 11.1. The Morgan fingerprint density at radius 3 is 2.65 bits per heavy atom. The molecule has 17 heavy (non-hydrogen) atoms. The molecule has 2 aromatic heterocycles. The van der Waals surface area contributed by atoms with Crippen molar-refractivity contribution in [1.82, 2.24) is 19.9 Å². The number of nitrogens with one attached hydrogen (secondary N) is 3. The van der Waals surface area contributed by atoms with Crippen LogP contribution in [0.5, 0.6) is 0 Å². The van der Waals surface area contributed by atoms with Crippen molar-refractivity contribution < 1.29 is 0 Å². The number of imidazole rings is 2. The molecule has 0 fully saturated rings. The number of hydrogen-bond acceptors (Lipinski definition) is 3. The monoisotopic (exact) mass is 249 g/mol. The second kappa shape index (κ2) is 3.39. The van der Waals surface area contributed by atoms with Gasteiger partial charge < -0.3 is 20.7 Å². The molecule has 0 atom stereocenters. The molecule has 0 bridgehead atoms. The second-order valence-electron chi connectivity index (χ2n) is 3.62. The van der Waals surface area contributed by atoms with Crippen LogP contribution >= 0.6 is 11.6 Å². The smallest absolute Gasteiger partial charge is 0.323 e. The molecular weight excluding hydrogens is 242 g/mol. The Kier molecular flexibility index (Phi) is 1.99. The summed E-state index contributed by atoms with van der Waals surface area (Å²) in [4.78, 5) is 23.3. The largest absolute Gasteiger partial charge is 0.369 e. The zero-order valence-electron chi connectivity index (χ0n) is 8.54. The fourth-order valence-electron chi connectivity index (χ4n) is 1.74. The highest BCUT2D eigenvalue weighted by Crippen LogP contribution is 2.27. The van der Waals surface area contributed by atoms with Gasteiger partial charge in [-0.1, -0.05) is 17.7 Å². The molecule has 0 aliphatic carbocycles. The van der Waals surface area contributed by atoms with Gasteiger partial charge in [0.05, 0.1) is 11.0 Å². The van der Waals surface area contributed by atoms with Crippen LogP contribution in [0.3, 0.4) is 0 Å². The highest BCUT2D eigenvalue weighted by atomic mass is 35.5. The minimum Gasteiger partial charge on any atom is -0.369 e. The maximum Gasteiger partial charge on any atom is 0.323 e. The molecule has 0 saturated carbocycles. The lowest BCUT2D eigenvalue weighted by molar-refractivity contribution is 1.21. The Morgan fingerprint density at radius 2 is 1.94 bits per heavy atom. The highest BCUT2D eigenvalue weighted by molar-refractivity contribution is 6.32. The number of halogens is 1. The zero-order chi connectivity index (χ0) is 12.0. The van der Waals surface area contributed by atoms with Gasteiger partial charge in [-0.3, -0.25) is 0 Å². The van der Waals surface area contributed by atoms with Crippen molar-refractivity contribution in [2.45, 2.75) is 0 Å². The van der Waals surface area contributed by atoms with Crippen LogP contribution in [0.1, 0.15) is 0 Å². The summed E-state index contributed by atoms with van der Waals surface area (Å²) in [5, 5.41) is 0.375. The third kappa shape index (κ3) is 1.58. The van der Waals surface area contributed by atoms with Crippen molar-refractivity contribution >= 4 is 28.6 Å². The minimum atomic E-state index is -0.246. The molecule has 0 saturated heterocycles. The fraction of sp³-hybridized carbons (Fsp3) is 0. The van der Waals surface area contributed by atoms with Crippen molar-refractivity contribution in [2.24, 2.45) is 0 Å². The van der Waals surface area contributed by atoms with Gasteiger partial charge in [-0.15, -0.1) is 0 Å². The van der Waals surface area contributed by atoms with Crippen LogP contribution in [-0.2, 0) is 0 Å². The average molecular weight is 250 g/mol. The topological polar surface area (TPSA) is 103 Å². The summed E-state index contributed by atoms with van der Waals surface area (Å²) < 4.78 is 0. The summed E-state index contributed by atoms with van der Waals surface area (Å²) >= 11 is 5.96. The summed E-state index contributed by atoms with van der Waals surface area (Å²) in [6.07, 6.45) is 0. The first-order valence-electron chi connectivity index (χ1n) is 4.87.